The molecule has 122 valence electrons. The molecule has 0 radical (unpaired) electrons. The molecule has 24 heavy (non-hydrogen) atoms. The van der Waals surface area contributed by atoms with E-state index in [9.17, 15) is 9.18 Å². The van der Waals surface area contributed by atoms with E-state index in [0.717, 1.165) is 16.7 Å². The monoisotopic (exact) mass is 323 g/mol. The number of aromatic nitrogens is 2. The van der Waals surface area contributed by atoms with Gasteiger partial charge >= 0.3 is 0 Å². The molecule has 5 heteroatoms. The van der Waals surface area contributed by atoms with Gasteiger partial charge in [0.05, 0.1) is 6.54 Å². The number of hydrogen-bond acceptors (Lipinski definition) is 2. The van der Waals surface area contributed by atoms with Crippen LogP contribution in [0.4, 0.5) is 10.2 Å². The number of rotatable bonds is 4. The number of aryl methyl sites for hydroxylation is 2. The second-order valence-corrected chi connectivity index (χ2v) is 5.78. The van der Waals surface area contributed by atoms with E-state index in [1.165, 1.54) is 12.1 Å². The van der Waals surface area contributed by atoms with E-state index < -0.39 is 0 Å². The normalized spacial score (nSPS) is 10.6. The largest absolute Gasteiger partial charge is 0.305 e. The van der Waals surface area contributed by atoms with Crippen LogP contribution in [0.1, 0.15) is 27.0 Å². The molecule has 2 aromatic carbocycles. The molecule has 0 aliphatic heterocycles. The Labute approximate surface area is 139 Å². The van der Waals surface area contributed by atoms with Crippen molar-refractivity contribution in [1.82, 2.24) is 9.78 Å². The summed E-state index contributed by atoms with van der Waals surface area (Å²) in [4.78, 5) is 12.3. The lowest BCUT2D eigenvalue weighted by molar-refractivity contribution is 0.102. The summed E-state index contributed by atoms with van der Waals surface area (Å²) in [5.74, 6) is -0.00772. The van der Waals surface area contributed by atoms with E-state index in [4.69, 9.17) is 0 Å². The van der Waals surface area contributed by atoms with Gasteiger partial charge in [-0.2, -0.15) is 5.10 Å². The van der Waals surface area contributed by atoms with Crippen LogP contribution in [-0.4, -0.2) is 15.7 Å². The van der Waals surface area contributed by atoms with Gasteiger partial charge in [-0.1, -0.05) is 18.2 Å². The van der Waals surface area contributed by atoms with Gasteiger partial charge < -0.3 is 5.32 Å². The van der Waals surface area contributed by atoms with Crippen molar-refractivity contribution in [1.29, 1.82) is 0 Å². The quantitative estimate of drug-likeness (QED) is 0.790. The average molecular weight is 323 g/mol. The molecular formula is C19H18FN3O. The van der Waals surface area contributed by atoms with Crippen LogP contribution in [0.15, 0.2) is 54.7 Å². The van der Waals surface area contributed by atoms with Crippen molar-refractivity contribution in [2.75, 3.05) is 5.32 Å². The van der Waals surface area contributed by atoms with Crippen LogP contribution < -0.4 is 5.32 Å². The molecule has 0 bridgehead atoms. The van der Waals surface area contributed by atoms with Crippen molar-refractivity contribution in [2.45, 2.75) is 20.4 Å². The Morgan fingerprint density at radius 2 is 1.96 bits per heavy atom. The summed E-state index contributed by atoms with van der Waals surface area (Å²) in [5, 5.41) is 7.08. The molecule has 0 fully saturated rings. The first-order chi connectivity index (χ1) is 11.5. The van der Waals surface area contributed by atoms with Crippen LogP contribution in [0.5, 0.6) is 0 Å². The van der Waals surface area contributed by atoms with Crippen LogP contribution in [0.3, 0.4) is 0 Å². The van der Waals surface area contributed by atoms with Gasteiger partial charge in [0.1, 0.15) is 5.82 Å². The molecule has 0 saturated heterocycles. The fourth-order valence-corrected chi connectivity index (χ4v) is 2.41. The predicted molar refractivity (Wildman–Crippen MR) is 91.6 cm³/mol. The molecule has 0 aliphatic rings. The third kappa shape index (κ3) is 3.68. The first-order valence-corrected chi connectivity index (χ1v) is 7.68. The Morgan fingerprint density at radius 1 is 1.12 bits per heavy atom. The predicted octanol–water partition coefficient (Wildman–Crippen LogP) is 3.94. The average Bonchev–Trinajstić information content (AvgIpc) is 2.97. The standard InChI is InChI=1S/C19H18FN3O/c1-13-6-7-16(10-14(13)2)19(24)21-18-8-9-23(22-18)12-15-4-3-5-17(20)11-15/h3-11H,12H2,1-2H3,(H,21,22,24). The van der Waals surface area contributed by atoms with Crippen molar-refractivity contribution in [3.63, 3.8) is 0 Å². The van der Waals surface area contributed by atoms with Gasteiger partial charge in [-0.15, -0.1) is 0 Å². The van der Waals surface area contributed by atoms with Crippen molar-refractivity contribution in [3.05, 3.63) is 82.8 Å². The molecule has 1 N–H and O–H groups in total. The van der Waals surface area contributed by atoms with Crippen molar-refractivity contribution >= 4 is 11.7 Å². The zero-order chi connectivity index (χ0) is 17.1. The smallest absolute Gasteiger partial charge is 0.256 e. The van der Waals surface area contributed by atoms with Crippen molar-refractivity contribution in [2.24, 2.45) is 0 Å². The second kappa shape index (κ2) is 6.66. The molecular weight excluding hydrogens is 305 g/mol. The fourth-order valence-electron chi connectivity index (χ4n) is 2.41. The number of benzene rings is 2. The van der Waals surface area contributed by atoms with Gasteiger partial charge in [-0.25, -0.2) is 4.39 Å². The maximum atomic E-state index is 13.2. The highest BCUT2D eigenvalue weighted by Crippen LogP contribution is 2.13. The summed E-state index contributed by atoms with van der Waals surface area (Å²) in [6, 6.07) is 13.7. The zero-order valence-corrected chi connectivity index (χ0v) is 13.6. The summed E-state index contributed by atoms with van der Waals surface area (Å²) in [6.07, 6.45) is 1.75. The molecule has 4 nitrogen and oxygen atoms in total. The number of hydrogen-bond donors (Lipinski definition) is 1. The molecule has 0 unspecified atom stereocenters. The maximum absolute atomic E-state index is 13.2. The zero-order valence-electron chi connectivity index (χ0n) is 13.6. The second-order valence-electron chi connectivity index (χ2n) is 5.78. The van der Waals surface area contributed by atoms with Gasteiger partial charge in [0.15, 0.2) is 5.82 Å². The third-order valence-electron chi connectivity index (χ3n) is 3.88. The third-order valence-corrected chi connectivity index (χ3v) is 3.88. The summed E-state index contributed by atoms with van der Waals surface area (Å²) in [7, 11) is 0. The van der Waals surface area contributed by atoms with E-state index in [1.807, 2.05) is 32.0 Å². The van der Waals surface area contributed by atoms with E-state index in [2.05, 4.69) is 10.4 Å². The molecule has 0 atom stereocenters. The number of carbonyl (C=O) groups excluding carboxylic acids is 1. The molecule has 0 aliphatic carbocycles. The van der Waals surface area contributed by atoms with Gasteiger partial charge in [-0.3, -0.25) is 9.48 Å². The lowest BCUT2D eigenvalue weighted by Crippen LogP contribution is -2.13. The minimum Gasteiger partial charge on any atom is -0.305 e. The molecule has 3 rings (SSSR count). The van der Waals surface area contributed by atoms with E-state index in [1.54, 1.807) is 29.1 Å². The Hall–Kier alpha value is -2.95. The molecule has 1 amide bonds. The molecule has 1 heterocycles. The van der Waals surface area contributed by atoms with Crippen LogP contribution in [-0.2, 0) is 6.54 Å². The minimum absolute atomic E-state index is 0.200. The fraction of sp³-hybridized carbons (Fsp3) is 0.158. The number of nitrogens with one attached hydrogen (secondary N) is 1. The summed E-state index contributed by atoms with van der Waals surface area (Å²) < 4.78 is 14.9. The first kappa shape index (κ1) is 15.9. The van der Waals surface area contributed by atoms with E-state index in [0.29, 0.717) is 17.9 Å². The molecule has 1 aromatic heterocycles. The Morgan fingerprint density at radius 3 is 2.71 bits per heavy atom. The number of anilines is 1. The number of amides is 1. The highest BCUT2D eigenvalue weighted by molar-refractivity contribution is 6.03. The number of nitrogens with zero attached hydrogens (tertiary/aromatic N) is 2. The lowest BCUT2D eigenvalue weighted by atomic mass is 10.1. The Balaban J connectivity index is 1.69. The highest BCUT2D eigenvalue weighted by Gasteiger charge is 2.09. The Kier molecular flexibility index (Phi) is 4.42. The summed E-state index contributed by atoms with van der Waals surface area (Å²) >= 11 is 0. The number of halogens is 1. The molecule has 0 spiro atoms. The van der Waals surface area contributed by atoms with Gasteiger partial charge in [0, 0.05) is 17.8 Å². The maximum Gasteiger partial charge on any atom is 0.256 e. The van der Waals surface area contributed by atoms with Crippen molar-refractivity contribution < 1.29 is 9.18 Å². The van der Waals surface area contributed by atoms with Crippen LogP contribution >= 0.6 is 0 Å². The first-order valence-electron chi connectivity index (χ1n) is 7.68. The topological polar surface area (TPSA) is 46.9 Å². The Bertz CT molecular complexity index is 886. The lowest BCUT2D eigenvalue weighted by Gasteiger charge is -2.05. The molecule has 0 saturated carbocycles. The minimum atomic E-state index is -0.275. The van der Waals surface area contributed by atoms with Gasteiger partial charge in [-0.05, 0) is 54.8 Å². The summed E-state index contributed by atoms with van der Waals surface area (Å²) in [6.45, 7) is 4.42. The number of carbonyl (C=O) groups is 1. The van der Waals surface area contributed by atoms with Crippen LogP contribution in [0.2, 0.25) is 0 Å². The van der Waals surface area contributed by atoms with E-state index in [-0.39, 0.29) is 11.7 Å². The van der Waals surface area contributed by atoms with Crippen LogP contribution in [0, 0.1) is 19.7 Å². The summed E-state index contributed by atoms with van der Waals surface area (Å²) in [5.41, 5.74) is 3.62. The SMILES string of the molecule is Cc1ccc(C(=O)Nc2ccn(Cc3cccc(F)c3)n2)cc1C. The van der Waals surface area contributed by atoms with E-state index >= 15 is 0 Å². The van der Waals surface area contributed by atoms with Gasteiger partial charge in [0.25, 0.3) is 5.91 Å². The highest BCUT2D eigenvalue weighted by atomic mass is 19.1. The van der Waals surface area contributed by atoms with Crippen LogP contribution in [0.25, 0.3) is 0 Å². The van der Waals surface area contributed by atoms with Crippen molar-refractivity contribution in [3.8, 4) is 0 Å². The molecule has 3 aromatic rings. The van der Waals surface area contributed by atoms with Gasteiger partial charge in [0.2, 0.25) is 0 Å².